The molecule has 1 amide bonds. The smallest absolute Gasteiger partial charge is 0.226 e. The molecule has 0 aromatic heterocycles. The molecule has 1 aromatic rings. The number of aryl methyl sites for hydroxylation is 1. The topological polar surface area (TPSA) is 70.7 Å². The van der Waals surface area contributed by atoms with E-state index in [9.17, 15) is 4.79 Å². The first-order valence-corrected chi connectivity index (χ1v) is 8.96. The Morgan fingerprint density at radius 3 is 2.58 bits per heavy atom. The molecule has 1 aliphatic rings. The number of carbonyl (C=O) groups excluding carboxylic acids is 1. The molecule has 0 saturated carbocycles. The van der Waals surface area contributed by atoms with Crippen LogP contribution in [0.1, 0.15) is 37.7 Å². The minimum absolute atomic E-state index is 0. The van der Waals surface area contributed by atoms with Crippen LogP contribution < -0.4 is 11.1 Å². The van der Waals surface area contributed by atoms with Crippen LogP contribution in [-0.2, 0) is 4.79 Å². The summed E-state index contributed by atoms with van der Waals surface area (Å²) in [5.74, 6) is 0.530. The van der Waals surface area contributed by atoms with E-state index in [1.165, 1.54) is 25.7 Å². The Morgan fingerprint density at radius 2 is 1.96 bits per heavy atom. The molecule has 134 valence electrons. The summed E-state index contributed by atoms with van der Waals surface area (Å²) >= 11 is 3.41. The quantitative estimate of drug-likeness (QED) is 0.368. The van der Waals surface area contributed by atoms with Gasteiger partial charge in [-0.15, -0.1) is 24.0 Å². The van der Waals surface area contributed by atoms with Crippen LogP contribution in [0.3, 0.4) is 0 Å². The number of amides is 1. The molecule has 0 spiro atoms. The highest BCUT2D eigenvalue weighted by Gasteiger charge is 2.11. The molecule has 0 atom stereocenters. The van der Waals surface area contributed by atoms with E-state index < -0.39 is 0 Å². The van der Waals surface area contributed by atoms with E-state index in [0.717, 1.165) is 28.8 Å². The second-order valence-corrected chi connectivity index (χ2v) is 6.81. The van der Waals surface area contributed by atoms with Crippen molar-refractivity contribution < 1.29 is 4.79 Å². The summed E-state index contributed by atoms with van der Waals surface area (Å²) in [4.78, 5) is 18.5. The summed E-state index contributed by atoms with van der Waals surface area (Å²) in [6, 6.07) is 5.79. The van der Waals surface area contributed by atoms with Crippen molar-refractivity contribution in [3.63, 3.8) is 0 Å². The number of hydrogen-bond acceptors (Lipinski definition) is 2. The molecular weight excluding hydrogens is 483 g/mol. The predicted molar refractivity (Wildman–Crippen MR) is 114 cm³/mol. The third-order valence-electron chi connectivity index (χ3n) is 4.01. The highest BCUT2D eigenvalue weighted by Crippen LogP contribution is 2.20. The van der Waals surface area contributed by atoms with Crippen molar-refractivity contribution in [3.05, 3.63) is 28.2 Å². The van der Waals surface area contributed by atoms with Crippen LogP contribution in [0, 0.1) is 6.92 Å². The number of hydrogen-bond donors (Lipinski definition) is 2. The highest BCUT2D eigenvalue weighted by molar-refractivity contribution is 14.0. The Morgan fingerprint density at radius 1 is 1.29 bits per heavy atom. The Balaban J connectivity index is 0.00000288. The van der Waals surface area contributed by atoms with Gasteiger partial charge in [-0.1, -0.05) is 28.8 Å². The molecule has 0 radical (unpaired) electrons. The van der Waals surface area contributed by atoms with Gasteiger partial charge in [-0.05, 0) is 43.5 Å². The Bertz CT molecular complexity index is 572. The van der Waals surface area contributed by atoms with Crippen LogP contribution in [-0.4, -0.2) is 36.4 Å². The number of likely N-dealkylation sites (tertiary alicyclic amines) is 1. The SMILES string of the molecule is Cc1cc(Br)ccc1NC(=O)CCN=C(N)N1CCCCCC1.I. The van der Waals surface area contributed by atoms with Crippen molar-refractivity contribution in [2.75, 3.05) is 25.0 Å². The molecule has 1 aromatic carbocycles. The van der Waals surface area contributed by atoms with Gasteiger partial charge in [0.2, 0.25) is 5.91 Å². The van der Waals surface area contributed by atoms with Crippen molar-refractivity contribution in [2.45, 2.75) is 39.0 Å². The fraction of sp³-hybridized carbons (Fsp3) is 0.529. The van der Waals surface area contributed by atoms with E-state index >= 15 is 0 Å². The van der Waals surface area contributed by atoms with Crippen LogP contribution in [0.4, 0.5) is 5.69 Å². The van der Waals surface area contributed by atoms with Crippen LogP contribution in [0.2, 0.25) is 0 Å². The van der Waals surface area contributed by atoms with Gasteiger partial charge in [0.25, 0.3) is 0 Å². The molecule has 5 nitrogen and oxygen atoms in total. The summed E-state index contributed by atoms with van der Waals surface area (Å²) in [5.41, 5.74) is 7.90. The largest absolute Gasteiger partial charge is 0.370 e. The monoisotopic (exact) mass is 508 g/mol. The van der Waals surface area contributed by atoms with E-state index in [2.05, 4.69) is 31.1 Å². The lowest BCUT2D eigenvalue weighted by Crippen LogP contribution is -2.38. The molecule has 0 bridgehead atoms. The van der Waals surface area contributed by atoms with E-state index in [1.807, 2.05) is 25.1 Å². The third-order valence-corrected chi connectivity index (χ3v) is 4.50. The predicted octanol–water partition coefficient (Wildman–Crippen LogP) is 3.89. The van der Waals surface area contributed by atoms with Gasteiger partial charge < -0.3 is 16.0 Å². The van der Waals surface area contributed by atoms with E-state index in [0.29, 0.717) is 18.9 Å². The Labute approximate surface area is 169 Å². The zero-order chi connectivity index (χ0) is 16.7. The first kappa shape index (κ1) is 21.2. The molecule has 24 heavy (non-hydrogen) atoms. The standard InChI is InChI=1S/C17H25BrN4O.HI/c1-13-12-14(18)6-7-15(13)21-16(23)8-9-20-17(19)22-10-4-2-3-5-11-22;/h6-7,12H,2-5,8-11H2,1H3,(H2,19,20)(H,21,23);1H. The van der Waals surface area contributed by atoms with Crippen molar-refractivity contribution in [1.29, 1.82) is 0 Å². The summed E-state index contributed by atoms with van der Waals surface area (Å²) in [6.07, 6.45) is 5.20. The van der Waals surface area contributed by atoms with Gasteiger partial charge in [0.1, 0.15) is 0 Å². The lowest BCUT2D eigenvalue weighted by molar-refractivity contribution is -0.116. The number of anilines is 1. The van der Waals surface area contributed by atoms with Gasteiger partial charge in [-0.3, -0.25) is 9.79 Å². The second-order valence-electron chi connectivity index (χ2n) is 5.90. The number of nitrogens with two attached hydrogens (primary N) is 1. The molecule has 0 aliphatic carbocycles. The number of benzene rings is 1. The number of aliphatic imine (C=N–C) groups is 1. The fourth-order valence-electron chi connectivity index (χ4n) is 2.65. The number of guanidine groups is 1. The molecule has 0 unspecified atom stereocenters. The maximum Gasteiger partial charge on any atom is 0.226 e. The number of rotatable bonds is 4. The van der Waals surface area contributed by atoms with Gasteiger partial charge in [0.05, 0.1) is 6.54 Å². The number of carbonyl (C=O) groups is 1. The van der Waals surface area contributed by atoms with Gasteiger partial charge >= 0.3 is 0 Å². The number of halogens is 2. The Hall–Kier alpha value is -0.830. The van der Waals surface area contributed by atoms with Gasteiger partial charge in [-0.2, -0.15) is 0 Å². The zero-order valence-corrected chi connectivity index (χ0v) is 18.0. The molecule has 2 rings (SSSR count). The average molecular weight is 509 g/mol. The summed E-state index contributed by atoms with van der Waals surface area (Å²) in [6.45, 7) is 4.33. The molecule has 3 N–H and O–H groups in total. The first-order chi connectivity index (χ1) is 11.1. The summed E-state index contributed by atoms with van der Waals surface area (Å²) in [5, 5.41) is 2.92. The third kappa shape index (κ3) is 6.96. The molecule has 1 heterocycles. The van der Waals surface area contributed by atoms with Gasteiger partial charge in [0.15, 0.2) is 5.96 Å². The first-order valence-electron chi connectivity index (χ1n) is 8.17. The van der Waals surface area contributed by atoms with Crippen molar-refractivity contribution in [1.82, 2.24) is 4.90 Å². The summed E-state index contributed by atoms with van der Waals surface area (Å²) < 4.78 is 1.00. The van der Waals surface area contributed by atoms with Gasteiger partial charge in [0, 0.05) is 29.7 Å². The maximum absolute atomic E-state index is 12.0. The second kappa shape index (κ2) is 10.9. The average Bonchev–Trinajstić information content (AvgIpc) is 2.79. The molecule has 7 heteroatoms. The maximum atomic E-state index is 12.0. The van der Waals surface area contributed by atoms with Crippen LogP contribution in [0.5, 0.6) is 0 Å². The Kier molecular flexibility index (Phi) is 9.65. The highest BCUT2D eigenvalue weighted by atomic mass is 127. The minimum Gasteiger partial charge on any atom is -0.370 e. The zero-order valence-electron chi connectivity index (χ0n) is 14.1. The molecule has 1 fully saturated rings. The number of nitrogens with zero attached hydrogens (tertiary/aromatic N) is 2. The molecular formula is C17H26BrIN4O. The van der Waals surface area contributed by atoms with E-state index in [4.69, 9.17) is 5.73 Å². The van der Waals surface area contributed by atoms with Crippen LogP contribution >= 0.6 is 39.9 Å². The number of nitrogens with one attached hydrogen (secondary N) is 1. The van der Waals surface area contributed by atoms with Crippen LogP contribution in [0.15, 0.2) is 27.7 Å². The van der Waals surface area contributed by atoms with Crippen molar-refractivity contribution >= 4 is 57.5 Å². The summed E-state index contributed by atoms with van der Waals surface area (Å²) in [7, 11) is 0. The van der Waals surface area contributed by atoms with Crippen LogP contribution in [0.25, 0.3) is 0 Å². The normalized spacial score (nSPS) is 15.4. The van der Waals surface area contributed by atoms with Crippen molar-refractivity contribution in [2.24, 2.45) is 10.7 Å². The molecule has 1 aliphatic heterocycles. The lowest BCUT2D eigenvalue weighted by Gasteiger charge is -2.21. The van der Waals surface area contributed by atoms with E-state index in [-0.39, 0.29) is 29.9 Å². The minimum atomic E-state index is -0.0390. The van der Waals surface area contributed by atoms with Gasteiger partial charge in [-0.25, -0.2) is 0 Å². The molecule has 1 saturated heterocycles. The van der Waals surface area contributed by atoms with E-state index in [1.54, 1.807) is 0 Å². The van der Waals surface area contributed by atoms with Crippen molar-refractivity contribution in [3.8, 4) is 0 Å². The fourth-order valence-corrected chi connectivity index (χ4v) is 3.13. The lowest BCUT2D eigenvalue weighted by atomic mass is 10.2.